The molecule has 1 aromatic carbocycles. The average Bonchev–Trinajstić information content (AvgIpc) is 2.74. The lowest BCUT2D eigenvalue weighted by Gasteiger charge is -2.20. The number of hydrogen-bond acceptors (Lipinski definition) is 5. The molecule has 94 valence electrons. The Morgan fingerprint density at radius 2 is 2.17 bits per heavy atom. The zero-order chi connectivity index (χ0) is 13.1. The van der Waals surface area contributed by atoms with Crippen molar-refractivity contribution in [3.8, 4) is 0 Å². The Balaban J connectivity index is 2.23. The lowest BCUT2D eigenvalue weighted by atomic mass is 10.1. The van der Waals surface area contributed by atoms with Crippen LogP contribution in [0.1, 0.15) is 11.4 Å². The number of aromatic nitrogens is 4. The molecule has 0 aliphatic rings. The van der Waals surface area contributed by atoms with E-state index in [2.05, 4.69) is 15.4 Å². The van der Waals surface area contributed by atoms with Gasteiger partial charge in [0.1, 0.15) is 4.99 Å². The van der Waals surface area contributed by atoms with Crippen LogP contribution in [0.4, 0.5) is 5.69 Å². The van der Waals surface area contributed by atoms with Crippen LogP contribution >= 0.6 is 12.2 Å². The zero-order valence-corrected chi connectivity index (χ0v) is 11.1. The van der Waals surface area contributed by atoms with Gasteiger partial charge in [-0.25, -0.2) is 0 Å². The van der Waals surface area contributed by atoms with Crippen molar-refractivity contribution in [1.29, 1.82) is 0 Å². The van der Waals surface area contributed by atoms with E-state index < -0.39 is 0 Å². The third-order valence-corrected chi connectivity index (χ3v) is 2.73. The Bertz CT molecular complexity index is 564. The molecule has 0 unspecified atom stereocenters. The summed E-state index contributed by atoms with van der Waals surface area (Å²) in [5.41, 5.74) is 7.51. The van der Waals surface area contributed by atoms with E-state index in [1.807, 2.05) is 36.2 Å². The smallest absolute Gasteiger partial charge is 0.193 e. The van der Waals surface area contributed by atoms with E-state index >= 15 is 0 Å². The second kappa shape index (κ2) is 5.09. The normalized spacial score (nSPS) is 10.3. The molecule has 6 nitrogen and oxygen atoms in total. The summed E-state index contributed by atoms with van der Waals surface area (Å²) in [5, 5.41) is 11.9. The number of tetrazole rings is 1. The number of anilines is 1. The van der Waals surface area contributed by atoms with Gasteiger partial charge in [-0.05, 0) is 17.3 Å². The Morgan fingerprint density at radius 3 is 2.78 bits per heavy atom. The topological polar surface area (TPSA) is 72.9 Å². The first-order valence-electron chi connectivity index (χ1n) is 5.41. The van der Waals surface area contributed by atoms with E-state index in [0.29, 0.717) is 17.4 Å². The molecule has 1 aromatic heterocycles. The summed E-state index contributed by atoms with van der Waals surface area (Å²) in [7, 11) is 3.67. The molecule has 0 aliphatic carbocycles. The maximum atomic E-state index is 5.71. The fourth-order valence-electron chi connectivity index (χ4n) is 1.70. The third-order valence-electron chi connectivity index (χ3n) is 2.51. The Morgan fingerprint density at radius 1 is 1.44 bits per heavy atom. The monoisotopic (exact) mass is 262 g/mol. The lowest BCUT2D eigenvalue weighted by Crippen LogP contribution is -2.22. The van der Waals surface area contributed by atoms with Gasteiger partial charge in [0.05, 0.1) is 13.6 Å². The predicted octanol–water partition coefficient (Wildman–Crippen LogP) is 0.481. The molecule has 2 aromatic rings. The van der Waals surface area contributed by atoms with E-state index in [1.165, 1.54) is 4.80 Å². The molecule has 7 heteroatoms. The number of rotatable bonds is 4. The summed E-state index contributed by atoms with van der Waals surface area (Å²) in [6, 6.07) is 7.72. The van der Waals surface area contributed by atoms with Crippen molar-refractivity contribution in [3.63, 3.8) is 0 Å². The maximum Gasteiger partial charge on any atom is 0.193 e. The molecule has 2 rings (SSSR count). The van der Waals surface area contributed by atoms with Gasteiger partial charge in [0.15, 0.2) is 5.82 Å². The number of nitrogens with two attached hydrogens (primary N) is 1. The van der Waals surface area contributed by atoms with Gasteiger partial charge in [0, 0.05) is 18.3 Å². The summed E-state index contributed by atoms with van der Waals surface area (Å²) in [5.74, 6) is 0.651. The van der Waals surface area contributed by atoms with Crippen LogP contribution in [0.5, 0.6) is 0 Å². The van der Waals surface area contributed by atoms with Gasteiger partial charge >= 0.3 is 0 Å². The van der Waals surface area contributed by atoms with Gasteiger partial charge in [-0.1, -0.05) is 24.4 Å². The molecule has 0 aliphatic heterocycles. The van der Waals surface area contributed by atoms with Gasteiger partial charge in [-0.15, -0.1) is 10.2 Å². The van der Waals surface area contributed by atoms with Crippen molar-refractivity contribution < 1.29 is 0 Å². The van der Waals surface area contributed by atoms with Crippen molar-refractivity contribution in [2.75, 3.05) is 11.9 Å². The fourth-order valence-corrected chi connectivity index (χ4v) is 1.87. The average molecular weight is 262 g/mol. The molecule has 2 N–H and O–H groups in total. The van der Waals surface area contributed by atoms with Gasteiger partial charge in [-0.2, -0.15) is 4.80 Å². The second-order valence-electron chi connectivity index (χ2n) is 3.93. The minimum absolute atomic E-state index is 0.379. The molecule has 0 spiro atoms. The highest BCUT2D eigenvalue weighted by molar-refractivity contribution is 7.80. The van der Waals surface area contributed by atoms with E-state index in [4.69, 9.17) is 18.0 Å². The van der Waals surface area contributed by atoms with Crippen LogP contribution < -0.4 is 10.6 Å². The van der Waals surface area contributed by atoms with Crippen LogP contribution in [0.2, 0.25) is 0 Å². The third kappa shape index (κ3) is 2.62. The number of para-hydroxylation sites is 1. The first-order chi connectivity index (χ1) is 8.58. The van der Waals surface area contributed by atoms with Crippen LogP contribution in [0.25, 0.3) is 0 Å². The highest BCUT2D eigenvalue weighted by Crippen LogP contribution is 2.19. The standard InChI is InChI=1S/C11H14N6S/c1-16(7-10-13-15-17(2)14-10)9-6-4-3-5-8(9)11(12)18/h3-6H,7H2,1-2H3,(H2,12,18). The van der Waals surface area contributed by atoms with Gasteiger partial charge in [0.25, 0.3) is 0 Å². The van der Waals surface area contributed by atoms with Crippen molar-refractivity contribution in [2.45, 2.75) is 6.54 Å². The van der Waals surface area contributed by atoms with E-state index in [0.717, 1.165) is 11.3 Å². The largest absolute Gasteiger partial charge is 0.389 e. The fraction of sp³-hybridized carbons (Fsp3) is 0.273. The van der Waals surface area contributed by atoms with Gasteiger partial charge in [0.2, 0.25) is 0 Å². The summed E-state index contributed by atoms with van der Waals surface area (Å²) in [6.07, 6.45) is 0. The summed E-state index contributed by atoms with van der Waals surface area (Å²) in [6.45, 7) is 0.549. The predicted molar refractivity (Wildman–Crippen MR) is 73.2 cm³/mol. The van der Waals surface area contributed by atoms with Crippen molar-refractivity contribution in [1.82, 2.24) is 20.2 Å². The molecule has 0 amide bonds. The van der Waals surface area contributed by atoms with Crippen LogP contribution in [0.15, 0.2) is 24.3 Å². The Kier molecular flexibility index (Phi) is 3.52. The molecule has 18 heavy (non-hydrogen) atoms. The van der Waals surface area contributed by atoms with Crippen molar-refractivity contribution >= 4 is 22.9 Å². The molecule has 0 radical (unpaired) electrons. The van der Waals surface area contributed by atoms with Crippen molar-refractivity contribution in [3.05, 3.63) is 35.7 Å². The van der Waals surface area contributed by atoms with E-state index in [-0.39, 0.29) is 0 Å². The van der Waals surface area contributed by atoms with Crippen molar-refractivity contribution in [2.24, 2.45) is 12.8 Å². The highest BCUT2D eigenvalue weighted by Gasteiger charge is 2.11. The maximum absolute atomic E-state index is 5.71. The number of benzene rings is 1. The van der Waals surface area contributed by atoms with Crippen LogP contribution in [-0.2, 0) is 13.6 Å². The molecule has 0 saturated carbocycles. The first kappa shape index (κ1) is 12.4. The summed E-state index contributed by atoms with van der Waals surface area (Å²) < 4.78 is 0. The van der Waals surface area contributed by atoms with Gasteiger partial charge < -0.3 is 10.6 Å². The molecular formula is C11H14N6S. The molecule has 0 atom stereocenters. The molecular weight excluding hydrogens is 248 g/mol. The zero-order valence-electron chi connectivity index (χ0n) is 10.2. The molecule has 1 heterocycles. The quantitative estimate of drug-likeness (QED) is 0.808. The van der Waals surface area contributed by atoms with Gasteiger partial charge in [-0.3, -0.25) is 0 Å². The highest BCUT2D eigenvalue weighted by atomic mass is 32.1. The van der Waals surface area contributed by atoms with Crippen LogP contribution in [0, 0.1) is 0 Å². The number of thiocarbonyl (C=S) groups is 1. The second-order valence-corrected chi connectivity index (χ2v) is 4.37. The lowest BCUT2D eigenvalue weighted by molar-refractivity contribution is 0.627. The Labute approximate surface area is 110 Å². The molecule has 0 bridgehead atoms. The number of nitrogens with zero attached hydrogens (tertiary/aromatic N) is 5. The number of hydrogen-bond donors (Lipinski definition) is 1. The Hall–Kier alpha value is -2.02. The molecule has 0 fully saturated rings. The summed E-state index contributed by atoms with van der Waals surface area (Å²) >= 11 is 5.04. The molecule has 0 saturated heterocycles. The van der Waals surface area contributed by atoms with Crippen LogP contribution in [0.3, 0.4) is 0 Å². The minimum Gasteiger partial charge on any atom is -0.389 e. The minimum atomic E-state index is 0.379. The van der Waals surface area contributed by atoms with E-state index in [9.17, 15) is 0 Å². The SMILES string of the molecule is CN(Cc1nnn(C)n1)c1ccccc1C(N)=S. The first-order valence-corrected chi connectivity index (χ1v) is 5.81. The van der Waals surface area contributed by atoms with E-state index in [1.54, 1.807) is 7.05 Å². The van der Waals surface area contributed by atoms with Crippen LogP contribution in [-0.4, -0.2) is 32.2 Å². The number of aryl methyl sites for hydroxylation is 1. The summed E-state index contributed by atoms with van der Waals surface area (Å²) in [4.78, 5) is 3.80.